The molecule has 0 radical (unpaired) electrons. The van der Waals surface area contributed by atoms with Crippen LogP contribution in [-0.4, -0.2) is 75.3 Å². The van der Waals surface area contributed by atoms with E-state index in [1.807, 2.05) is 78.9 Å². The monoisotopic (exact) mass is 676 g/mol. The Morgan fingerprint density at radius 1 is 0.854 bits per heavy atom. The molecule has 5 rings (SSSR count). The number of hydrogen-bond donors (Lipinski definition) is 2. The molecule has 3 aromatic carbocycles. The summed E-state index contributed by atoms with van der Waals surface area (Å²) in [7, 11) is 1.89. The highest BCUT2D eigenvalue weighted by atomic mass is 28.3. The van der Waals surface area contributed by atoms with Gasteiger partial charge in [0.25, 0.3) is 5.56 Å². The van der Waals surface area contributed by atoms with Gasteiger partial charge in [-0.2, -0.15) is 0 Å². The Labute approximate surface area is 281 Å². The van der Waals surface area contributed by atoms with Crippen molar-refractivity contribution in [2.45, 2.75) is 55.8 Å². The van der Waals surface area contributed by atoms with E-state index in [-0.39, 0.29) is 13.4 Å². The van der Waals surface area contributed by atoms with Gasteiger partial charge in [-0.15, -0.1) is 0 Å². The van der Waals surface area contributed by atoms with Crippen molar-refractivity contribution in [3.05, 3.63) is 129 Å². The molecule has 0 unspecified atom stereocenters. The van der Waals surface area contributed by atoms with Gasteiger partial charge in [0.15, 0.2) is 6.23 Å². The van der Waals surface area contributed by atoms with Crippen molar-refractivity contribution < 1.29 is 33.5 Å². The van der Waals surface area contributed by atoms with Crippen molar-refractivity contribution in [2.75, 3.05) is 34.2 Å². The number of hydrogen-bond acceptors (Lipinski definition) is 9. The number of nitrogens with zero attached hydrogens (tertiary/aromatic N) is 1. The minimum atomic E-state index is -1.33. The van der Waals surface area contributed by atoms with Crippen LogP contribution in [0.15, 0.2) is 101 Å². The van der Waals surface area contributed by atoms with E-state index in [9.17, 15) is 14.7 Å². The highest BCUT2D eigenvalue weighted by Crippen LogP contribution is 2.43. The number of H-pyrrole nitrogens is 1. The van der Waals surface area contributed by atoms with Crippen LogP contribution in [-0.2, 0) is 24.5 Å². The minimum Gasteiger partial charge on any atom is -0.497 e. The van der Waals surface area contributed by atoms with E-state index in [4.69, 9.17) is 28.4 Å². The molecule has 48 heavy (non-hydrogen) atoms. The molecule has 0 amide bonds. The molecule has 0 aliphatic carbocycles. The third-order valence-corrected chi connectivity index (χ3v) is 10.1. The average Bonchev–Trinajstić information content (AvgIpc) is 3.39. The predicted octanol–water partition coefficient (Wildman–Crippen LogP) is 4.52. The Morgan fingerprint density at radius 2 is 1.44 bits per heavy atom. The highest BCUT2D eigenvalue weighted by Gasteiger charge is 2.48. The van der Waals surface area contributed by atoms with Gasteiger partial charge in [-0.25, -0.2) is 4.79 Å². The standard InChI is InChI=1S/C36H44N2O9Si/c1-42-28-15-11-26(12-16-28)36(25-9-7-6-8-10-25,27-13-17-29(43-2)18-14-27)46-23-30-32(40)33(45-24-44-21-22-48(3,4)5)34(47-30)38-20-19-31(39)37-35(38)41/h6-20,30,32-34,40H,21-24H2,1-5H3,(H,37,39,41)/t30-,32-,33-,34-/m1/s1. The molecular formula is C36H44N2O9Si. The Balaban J connectivity index is 1.50. The van der Waals surface area contributed by atoms with E-state index < -0.39 is 49.5 Å². The van der Waals surface area contributed by atoms with Crippen LogP contribution in [0.25, 0.3) is 0 Å². The fourth-order valence-electron chi connectivity index (χ4n) is 5.73. The maximum absolute atomic E-state index is 12.9. The topological polar surface area (TPSA) is 130 Å². The number of benzene rings is 3. The van der Waals surface area contributed by atoms with E-state index in [0.29, 0.717) is 18.1 Å². The first-order valence-electron chi connectivity index (χ1n) is 15.9. The summed E-state index contributed by atoms with van der Waals surface area (Å²) in [5.74, 6) is 1.37. The predicted molar refractivity (Wildman–Crippen MR) is 183 cm³/mol. The first-order valence-corrected chi connectivity index (χ1v) is 19.6. The number of aliphatic hydroxyl groups is 1. The molecule has 2 heterocycles. The summed E-state index contributed by atoms with van der Waals surface area (Å²) in [5, 5.41) is 11.7. The molecule has 1 aliphatic heterocycles. The maximum Gasteiger partial charge on any atom is 0.330 e. The molecule has 1 fully saturated rings. The maximum atomic E-state index is 12.9. The van der Waals surface area contributed by atoms with Gasteiger partial charge >= 0.3 is 5.69 Å². The van der Waals surface area contributed by atoms with E-state index in [0.717, 1.165) is 22.7 Å². The molecule has 1 saturated heterocycles. The lowest BCUT2D eigenvalue weighted by molar-refractivity contribution is -0.138. The second kappa shape index (κ2) is 15.5. The van der Waals surface area contributed by atoms with Crippen LogP contribution < -0.4 is 20.7 Å². The van der Waals surface area contributed by atoms with Crippen molar-refractivity contribution in [2.24, 2.45) is 0 Å². The van der Waals surface area contributed by atoms with Crippen LogP contribution >= 0.6 is 0 Å². The molecule has 1 aliphatic rings. The van der Waals surface area contributed by atoms with Gasteiger partial charge in [0.2, 0.25) is 0 Å². The molecule has 1 aromatic heterocycles. The van der Waals surface area contributed by atoms with Crippen molar-refractivity contribution in [1.29, 1.82) is 0 Å². The zero-order chi connectivity index (χ0) is 34.3. The van der Waals surface area contributed by atoms with E-state index in [1.165, 1.54) is 16.8 Å². The number of rotatable bonds is 15. The molecule has 0 bridgehead atoms. The molecular weight excluding hydrogens is 632 g/mol. The molecule has 2 N–H and O–H groups in total. The lowest BCUT2D eigenvalue weighted by Crippen LogP contribution is -2.41. The molecule has 4 atom stereocenters. The largest absolute Gasteiger partial charge is 0.497 e. The number of aliphatic hydroxyl groups excluding tert-OH is 1. The third-order valence-electron chi connectivity index (χ3n) is 8.42. The molecule has 0 saturated carbocycles. The fourth-order valence-corrected chi connectivity index (χ4v) is 6.49. The summed E-state index contributed by atoms with van der Waals surface area (Å²) in [4.78, 5) is 27.0. The summed E-state index contributed by atoms with van der Waals surface area (Å²) in [6.07, 6.45) is -2.88. The van der Waals surface area contributed by atoms with Gasteiger partial charge in [0, 0.05) is 26.9 Å². The smallest absolute Gasteiger partial charge is 0.330 e. The van der Waals surface area contributed by atoms with Crippen molar-refractivity contribution in [3.63, 3.8) is 0 Å². The molecule has 4 aromatic rings. The van der Waals surface area contributed by atoms with Crippen LogP contribution in [0.3, 0.4) is 0 Å². The molecule has 11 nitrogen and oxygen atoms in total. The Kier molecular flexibility index (Phi) is 11.4. The summed E-state index contributed by atoms with van der Waals surface area (Å²) in [5.41, 5.74) is 0.0581. The Bertz CT molecular complexity index is 1670. The number of aromatic amines is 1. The number of methoxy groups -OCH3 is 2. The van der Waals surface area contributed by atoms with Crippen LogP contribution in [0, 0.1) is 0 Å². The normalized spacial score (nSPS) is 19.7. The van der Waals surface area contributed by atoms with Gasteiger partial charge in [-0.3, -0.25) is 14.3 Å². The highest BCUT2D eigenvalue weighted by molar-refractivity contribution is 6.76. The minimum absolute atomic E-state index is 0.0982. The van der Waals surface area contributed by atoms with Crippen molar-refractivity contribution >= 4 is 8.07 Å². The van der Waals surface area contributed by atoms with Gasteiger partial charge in [-0.1, -0.05) is 74.2 Å². The van der Waals surface area contributed by atoms with E-state index in [2.05, 4.69) is 24.6 Å². The SMILES string of the molecule is COc1ccc(C(OC[C@H]2O[C@@H](n3ccc(=O)[nH]c3=O)[C@H](OCOCC[Si](C)(C)C)[C@@H]2O)(c2ccccc2)c2ccc(OC)cc2)cc1. The number of ether oxygens (including phenoxy) is 6. The first-order chi connectivity index (χ1) is 23.1. The summed E-state index contributed by atoms with van der Waals surface area (Å²) in [6.45, 7) is 7.06. The Hall–Kier alpha value is -4.04. The average molecular weight is 677 g/mol. The summed E-state index contributed by atoms with van der Waals surface area (Å²) in [6, 6.07) is 27.1. The molecule has 256 valence electrons. The van der Waals surface area contributed by atoms with E-state index >= 15 is 0 Å². The van der Waals surface area contributed by atoms with Gasteiger partial charge < -0.3 is 33.5 Å². The zero-order valence-corrected chi connectivity index (χ0v) is 29.0. The molecule has 0 spiro atoms. The second-order valence-corrected chi connectivity index (χ2v) is 18.5. The summed E-state index contributed by atoms with van der Waals surface area (Å²) < 4.78 is 37.2. The van der Waals surface area contributed by atoms with Crippen molar-refractivity contribution in [3.8, 4) is 11.5 Å². The van der Waals surface area contributed by atoms with Crippen LogP contribution in [0.2, 0.25) is 25.7 Å². The summed E-state index contributed by atoms with van der Waals surface area (Å²) >= 11 is 0. The third kappa shape index (κ3) is 7.97. The molecule has 12 heteroatoms. The Morgan fingerprint density at radius 3 is 1.98 bits per heavy atom. The van der Waals surface area contributed by atoms with Crippen LogP contribution in [0.1, 0.15) is 22.9 Å². The lowest BCUT2D eigenvalue weighted by Gasteiger charge is -2.37. The fraction of sp³-hybridized carbons (Fsp3) is 0.389. The number of nitrogens with one attached hydrogen (secondary N) is 1. The van der Waals surface area contributed by atoms with Crippen LogP contribution in [0.5, 0.6) is 11.5 Å². The van der Waals surface area contributed by atoms with Gasteiger partial charge in [0.1, 0.15) is 42.2 Å². The van der Waals surface area contributed by atoms with Gasteiger partial charge in [-0.05, 0) is 47.0 Å². The second-order valence-electron chi connectivity index (χ2n) is 12.9. The quantitative estimate of drug-likeness (QED) is 0.0808. The van der Waals surface area contributed by atoms with Crippen LogP contribution in [0.4, 0.5) is 0 Å². The van der Waals surface area contributed by atoms with E-state index in [1.54, 1.807) is 14.2 Å². The first kappa shape index (κ1) is 35.3. The van der Waals surface area contributed by atoms with Gasteiger partial charge in [0.05, 0.1) is 20.8 Å². The lowest BCUT2D eigenvalue weighted by atomic mass is 9.80. The van der Waals surface area contributed by atoms with Crippen molar-refractivity contribution in [1.82, 2.24) is 9.55 Å². The number of aromatic nitrogens is 2. The zero-order valence-electron chi connectivity index (χ0n) is 28.0.